The fraction of sp³-hybridized carbons (Fsp3) is 0.320. The number of alkyl halides is 3. The van der Waals surface area contributed by atoms with E-state index in [1.165, 1.54) is 17.0 Å². The van der Waals surface area contributed by atoms with Gasteiger partial charge < -0.3 is 14.9 Å². The molecule has 1 amide bonds. The molecule has 1 aliphatic carbocycles. The van der Waals surface area contributed by atoms with E-state index in [-0.39, 0.29) is 35.5 Å². The molecule has 2 aromatic heterocycles. The van der Waals surface area contributed by atoms with Crippen molar-refractivity contribution in [3.8, 4) is 11.3 Å². The van der Waals surface area contributed by atoms with Gasteiger partial charge in [-0.15, -0.1) is 0 Å². The zero-order valence-electron chi connectivity index (χ0n) is 20.0. The molecule has 9 nitrogen and oxygen atoms in total. The van der Waals surface area contributed by atoms with Gasteiger partial charge in [0.2, 0.25) is 0 Å². The number of nitrogens with one attached hydrogen (secondary N) is 1. The molecule has 1 aromatic carbocycles. The van der Waals surface area contributed by atoms with Crippen LogP contribution < -0.4 is 9.62 Å². The Morgan fingerprint density at radius 2 is 1.66 bits per heavy atom. The molecule has 1 saturated heterocycles. The molecule has 0 bridgehead atoms. The lowest BCUT2D eigenvalue weighted by atomic mass is 9.97. The third kappa shape index (κ3) is 5.37. The third-order valence-corrected chi connectivity index (χ3v) is 7.79. The van der Waals surface area contributed by atoms with E-state index < -0.39 is 27.9 Å². The SMILES string of the molecule is O=C(O)N1CCN(c2cccc(S(=O)(=O)Nc3ccc(C(F)(F)F)c(-c4ccccc4C4CC4)n3)n2)CC1. The maximum Gasteiger partial charge on any atom is 0.418 e. The second-order valence-corrected chi connectivity index (χ2v) is 10.8. The number of carbonyl (C=O) groups is 1. The number of benzene rings is 1. The van der Waals surface area contributed by atoms with Crippen molar-refractivity contribution < 1.29 is 31.5 Å². The number of amides is 1. The molecule has 0 unspecified atom stereocenters. The predicted octanol–water partition coefficient (Wildman–Crippen LogP) is 4.64. The standard InChI is InChI=1S/C25H24F3N5O4S/c26-25(27,28)19-10-11-20(29-23(19)18-5-2-1-4-17(18)16-8-9-16)31-38(36,37)22-7-3-6-21(30-22)32-12-14-33(15-13-32)24(34)35/h1-7,10-11,16H,8-9,12-15H2,(H,29,31)(H,34,35). The molecule has 1 saturated carbocycles. The zero-order chi connectivity index (χ0) is 27.1. The number of hydrogen-bond acceptors (Lipinski definition) is 6. The van der Waals surface area contributed by atoms with Gasteiger partial charge in [0.1, 0.15) is 11.6 Å². The van der Waals surface area contributed by atoms with Gasteiger partial charge in [-0.3, -0.25) is 4.72 Å². The fourth-order valence-electron chi connectivity index (χ4n) is 4.46. The van der Waals surface area contributed by atoms with Crippen molar-refractivity contribution in [3.05, 3.63) is 65.7 Å². The summed E-state index contributed by atoms with van der Waals surface area (Å²) in [6.07, 6.45) is -3.96. The molecule has 1 aliphatic heterocycles. The molecular formula is C25H24F3N5O4S. The monoisotopic (exact) mass is 547 g/mol. The van der Waals surface area contributed by atoms with Crippen LogP contribution in [-0.4, -0.2) is 60.7 Å². The topological polar surface area (TPSA) is 116 Å². The number of aromatic nitrogens is 2. The first-order chi connectivity index (χ1) is 18.0. The largest absolute Gasteiger partial charge is 0.465 e. The Kier molecular flexibility index (Phi) is 6.63. The van der Waals surface area contributed by atoms with E-state index in [0.29, 0.717) is 24.5 Å². The molecule has 200 valence electrons. The van der Waals surface area contributed by atoms with Gasteiger partial charge in [0.25, 0.3) is 10.0 Å². The van der Waals surface area contributed by atoms with E-state index >= 15 is 0 Å². The first-order valence-electron chi connectivity index (χ1n) is 11.9. The maximum absolute atomic E-state index is 13.9. The van der Waals surface area contributed by atoms with E-state index in [2.05, 4.69) is 14.7 Å². The summed E-state index contributed by atoms with van der Waals surface area (Å²) < 4.78 is 70.2. The van der Waals surface area contributed by atoms with Crippen LogP contribution in [0.4, 0.5) is 29.6 Å². The Labute approximate surface area is 217 Å². The lowest BCUT2D eigenvalue weighted by Crippen LogP contribution is -2.48. The normalized spacial score (nSPS) is 16.4. The number of anilines is 2. The van der Waals surface area contributed by atoms with Crippen LogP contribution in [0.3, 0.4) is 0 Å². The molecular weight excluding hydrogens is 523 g/mol. The number of hydrogen-bond donors (Lipinski definition) is 2. The van der Waals surface area contributed by atoms with Crippen LogP contribution >= 0.6 is 0 Å². The van der Waals surface area contributed by atoms with Gasteiger partial charge in [0.15, 0.2) is 5.03 Å². The van der Waals surface area contributed by atoms with Crippen molar-refractivity contribution in [2.45, 2.75) is 30.0 Å². The Morgan fingerprint density at radius 1 is 0.947 bits per heavy atom. The Hall–Kier alpha value is -3.87. The van der Waals surface area contributed by atoms with Gasteiger partial charge >= 0.3 is 12.3 Å². The number of sulfonamides is 1. The molecule has 2 fully saturated rings. The predicted molar refractivity (Wildman–Crippen MR) is 134 cm³/mol. The van der Waals surface area contributed by atoms with Gasteiger partial charge in [-0.25, -0.2) is 14.8 Å². The van der Waals surface area contributed by atoms with Crippen molar-refractivity contribution >= 4 is 27.8 Å². The van der Waals surface area contributed by atoms with Crippen LogP contribution in [0.1, 0.15) is 29.9 Å². The lowest BCUT2D eigenvalue weighted by molar-refractivity contribution is -0.137. The van der Waals surface area contributed by atoms with E-state index in [1.807, 2.05) is 0 Å². The minimum atomic E-state index is -4.68. The van der Waals surface area contributed by atoms with Crippen molar-refractivity contribution in [2.24, 2.45) is 0 Å². The molecule has 13 heteroatoms. The Balaban J connectivity index is 1.44. The van der Waals surface area contributed by atoms with Crippen LogP contribution in [0.25, 0.3) is 11.3 Å². The highest BCUT2D eigenvalue weighted by atomic mass is 32.2. The summed E-state index contributed by atoms with van der Waals surface area (Å²) in [6.45, 7) is 1.15. The van der Waals surface area contributed by atoms with E-state index in [9.17, 15) is 26.4 Å². The minimum absolute atomic E-state index is 0.152. The number of carboxylic acid groups (broad SMARTS) is 1. The van der Waals surface area contributed by atoms with Crippen LogP contribution in [-0.2, 0) is 16.2 Å². The summed E-state index contributed by atoms with van der Waals surface area (Å²) in [6, 6.07) is 12.9. The highest BCUT2D eigenvalue weighted by Gasteiger charge is 2.37. The summed E-state index contributed by atoms with van der Waals surface area (Å²) >= 11 is 0. The minimum Gasteiger partial charge on any atom is -0.465 e. The third-order valence-electron chi connectivity index (χ3n) is 6.53. The summed E-state index contributed by atoms with van der Waals surface area (Å²) in [7, 11) is -4.30. The second kappa shape index (κ2) is 9.78. The number of nitrogens with zero attached hydrogens (tertiary/aromatic N) is 4. The molecule has 2 N–H and O–H groups in total. The molecule has 3 heterocycles. The zero-order valence-corrected chi connectivity index (χ0v) is 20.8. The van der Waals surface area contributed by atoms with Crippen LogP contribution in [0.2, 0.25) is 0 Å². The quantitative estimate of drug-likeness (QED) is 0.462. The highest BCUT2D eigenvalue weighted by Crippen LogP contribution is 2.46. The average molecular weight is 548 g/mol. The number of halogens is 3. The van der Waals surface area contributed by atoms with Gasteiger partial charge in [0.05, 0.1) is 11.3 Å². The maximum atomic E-state index is 13.9. The van der Waals surface area contributed by atoms with Crippen LogP contribution in [0, 0.1) is 0 Å². The van der Waals surface area contributed by atoms with Gasteiger partial charge in [0, 0.05) is 31.7 Å². The summed E-state index contributed by atoms with van der Waals surface area (Å²) in [5.74, 6) is 0.233. The van der Waals surface area contributed by atoms with Gasteiger partial charge in [-0.1, -0.05) is 30.3 Å². The van der Waals surface area contributed by atoms with Gasteiger partial charge in [-0.2, -0.15) is 21.6 Å². The fourth-order valence-corrected chi connectivity index (χ4v) is 5.42. The number of rotatable bonds is 6. The molecule has 2 aliphatic rings. The first kappa shape index (κ1) is 25.8. The lowest BCUT2D eigenvalue weighted by Gasteiger charge is -2.33. The molecule has 3 aromatic rings. The molecule has 5 rings (SSSR count). The summed E-state index contributed by atoms with van der Waals surface area (Å²) in [5, 5.41) is 8.79. The smallest absolute Gasteiger partial charge is 0.418 e. The summed E-state index contributed by atoms with van der Waals surface area (Å²) in [5.41, 5.74) is -0.209. The average Bonchev–Trinajstić information content (AvgIpc) is 3.73. The molecule has 38 heavy (non-hydrogen) atoms. The Bertz CT molecular complexity index is 1470. The molecule has 0 atom stereocenters. The second-order valence-electron chi connectivity index (χ2n) is 9.15. The van der Waals surface area contributed by atoms with Crippen molar-refractivity contribution in [2.75, 3.05) is 35.8 Å². The highest BCUT2D eigenvalue weighted by molar-refractivity contribution is 7.92. The molecule has 0 radical (unpaired) electrons. The number of piperazine rings is 1. The molecule has 0 spiro atoms. The van der Waals surface area contributed by atoms with Crippen molar-refractivity contribution in [3.63, 3.8) is 0 Å². The first-order valence-corrected chi connectivity index (χ1v) is 13.4. The van der Waals surface area contributed by atoms with Crippen molar-refractivity contribution in [1.82, 2.24) is 14.9 Å². The van der Waals surface area contributed by atoms with Crippen LogP contribution in [0.15, 0.2) is 59.6 Å². The summed E-state index contributed by atoms with van der Waals surface area (Å²) in [4.78, 5) is 22.5. The van der Waals surface area contributed by atoms with E-state index in [0.717, 1.165) is 30.5 Å². The van der Waals surface area contributed by atoms with Crippen molar-refractivity contribution in [1.29, 1.82) is 0 Å². The Morgan fingerprint density at radius 3 is 2.32 bits per heavy atom. The van der Waals surface area contributed by atoms with Gasteiger partial charge in [-0.05, 0) is 48.6 Å². The van der Waals surface area contributed by atoms with Crippen LogP contribution in [0.5, 0.6) is 0 Å². The van der Waals surface area contributed by atoms with E-state index in [4.69, 9.17) is 5.11 Å². The number of pyridine rings is 2. The van der Waals surface area contributed by atoms with E-state index in [1.54, 1.807) is 35.2 Å².